The molecule has 11 heteroatoms. The van der Waals surface area contributed by atoms with E-state index < -0.39 is 22.2 Å². The van der Waals surface area contributed by atoms with Crippen molar-refractivity contribution in [1.29, 1.82) is 0 Å². The number of phosphoric ester groups is 1. The number of hydrogen-bond acceptors (Lipinski definition) is 9. The van der Waals surface area contributed by atoms with Gasteiger partial charge in [0.15, 0.2) is 5.75 Å². The zero-order chi connectivity index (χ0) is 34.5. The first kappa shape index (κ1) is 36.3. The molecule has 9 nitrogen and oxygen atoms in total. The monoisotopic (exact) mass is 706 g/mol. The van der Waals surface area contributed by atoms with Crippen LogP contribution in [0.25, 0.3) is 0 Å². The molecule has 4 aromatic rings. The average Bonchev–Trinajstić information content (AvgIpc) is 3.08. The van der Waals surface area contributed by atoms with Crippen molar-refractivity contribution in [2.75, 3.05) is 13.5 Å². The highest BCUT2D eigenvalue weighted by molar-refractivity contribution is 7.53. The summed E-state index contributed by atoms with van der Waals surface area (Å²) in [5.41, 5.74) is 2.87. The van der Waals surface area contributed by atoms with Crippen molar-refractivity contribution in [1.82, 2.24) is 0 Å². The Kier molecular flexibility index (Phi) is 13.0. The molecular weight excluding hydrogens is 662 g/mol. The molecule has 0 saturated heterocycles. The van der Waals surface area contributed by atoms with E-state index in [-0.39, 0.29) is 5.92 Å². The van der Waals surface area contributed by atoms with Crippen molar-refractivity contribution in [2.24, 2.45) is 0 Å². The molecule has 0 heterocycles. The number of rotatable bonds is 18. The molecule has 0 radical (unpaired) electrons. The standard InChI is InChI=1S/C38H44O9P2/c1-4-5-9-18-31-27-36(41-29-42-49(40,45-34-22-12-7-13-23-34)46-35-24-14-8-15-25-35)38(32-19-16-17-30(2)26-32)37(28-31)43-47-48(3,39)44-33-20-10-6-11-21-33/h6-8,10-15,20-28,32H,4-5,9,16-19,29H2,1-3H3. The molecule has 4 aromatic carbocycles. The van der Waals surface area contributed by atoms with Crippen LogP contribution in [0, 0.1) is 0 Å². The van der Waals surface area contributed by atoms with Gasteiger partial charge in [0.1, 0.15) is 23.0 Å². The van der Waals surface area contributed by atoms with Crippen molar-refractivity contribution in [3.05, 3.63) is 126 Å². The molecule has 0 amide bonds. The number of hydrogen-bond donors (Lipinski definition) is 0. The Labute approximate surface area is 289 Å². The van der Waals surface area contributed by atoms with Gasteiger partial charge in [-0.05, 0) is 93.1 Å². The van der Waals surface area contributed by atoms with Crippen LogP contribution < -0.4 is 23.2 Å². The number of phosphoric acid groups is 1. The number of para-hydroxylation sites is 3. The summed E-state index contributed by atoms with van der Waals surface area (Å²) < 4.78 is 62.2. The summed E-state index contributed by atoms with van der Waals surface area (Å²) in [7, 11) is -7.91. The lowest BCUT2D eigenvalue weighted by atomic mass is 9.84. The Morgan fingerprint density at radius 2 is 1.33 bits per heavy atom. The van der Waals surface area contributed by atoms with Crippen LogP contribution in [0.15, 0.2) is 115 Å². The van der Waals surface area contributed by atoms with Gasteiger partial charge in [0.05, 0.1) is 6.66 Å². The van der Waals surface area contributed by atoms with E-state index in [0.29, 0.717) is 34.3 Å². The van der Waals surface area contributed by atoms with Crippen LogP contribution in [0.3, 0.4) is 0 Å². The first-order valence-corrected chi connectivity index (χ1v) is 20.1. The summed E-state index contributed by atoms with van der Waals surface area (Å²) in [5, 5.41) is 0. The van der Waals surface area contributed by atoms with Crippen molar-refractivity contribution in [3.63, 3.8) is 0 Å². The summed E-state index contributed by atoms with van der Waals surface area (Å²) in [4.78, 5) is 5.91. The molecule has 0 fully saturated rings. The van der Waals surface area contributed by atoms with Crippen LogP contribution >= 0.6 is 15.4 Å². The van der Waals surface area contributed by atoms with E-state index >= 15 is 0 Å². The molecule has 1 aliphatic rings. The molecule has 0 N–H and O–H groups in total. The lowest BCUT2D eigenvalue weighted by Gasteiger charge is -2.26. The van der Waals surface area contributed by atoms with E-state index in [0.717, 1.165) is 50.5 Å². The average molecular weight is 707 g/mol. The minimum Gasteiger partial charge on any atom is -0.466 e. The molecule has 0 bridgehead atoms. The molecule has 2 unspecified atom stereocenters. The summed E-state index contributed by atoms with van der Waals surface area (Å²) in [5.74, 6) is 1.77. The van der Waals surface area contributed by atoms with Crippen molar-refractivity contribution in [3.8, 4) is 28.7 Å². The van der Waals surface area contributed by atoms with E-state index in [2.05, 4.69) is 19.9 Å². The summed E-state index contributed by atoms with van der Waals surface area (Å²) in [6.07, 6.45) is 8.77. The van der Waals surface area contributed by atoms with Gasteiger partial charge in [0.25, 0.3) is 0 Å². The second-order valence-corrected chi connectivity index (χ2v) is 15.3. The third kappa shape index (κ3) is 11.3. The molecule has 260 valence electrons. The SMILES string of the molecule is CCCCCc1cc(OCOP(=O)(Oc2ccccc2)Oc2ccccc2)c(C2C=C(C)CCC2)c(OOP(C)(=O)Oc2ccccc2)c1. The van der Waals surface area contributed by atoms with E-state index in [1.165, 1.54) is 12.2 Å². The zero-order valence-corrected chi connectivity index (χ0v) is 30.0. The first-order chi connectivity index (χ1) is 23.7. The normalized spacial score (nSPS) is 15.8. The van der Waals surface area contributed by atoms with E-state index in [4.69, 9.17) is 32.4 Å². The molecule has 1 aliphatic carbocycles. The van der Waals surface area contributed by atoms with Crippen LogP contribution in [0.2, 0.25) is 0 Å². The van der Waals surface area contributed by atoms with Crippen LogP contribution in [0.5, 0.6) is 28.7 Å². The second-order valence-electron chi connectivity index (χ2n) is 12.0. The largest absolute Gasteiger partial charge is 0.590 e. The third-order valence-electron chi connectivity index (χ3n) is 7.80. The number of aryl methyl sites for hydroxylation is 1. The van der Waals surface area contributed by atoms with Crippen LogP contribution in [0.4, 0.5) is 0 Å². The lowest BCUT2D eigenvalue weighted by Crippen LogP contribution is -2.13. The fourth-order valence-electron chi connectivity index (χ4n) is 5.51. The molecular formula is C38H44O9P2. The van der Waals surface area contributed by atoms with Gasteiger partial charge in [-0.15, -0.1) is 0 Å². The van der Waals surface area contributed by atoms with Gasteiger partial charge in [-0.3, -0.25) is 0 Å². The predicted molar refractivity (Wildman–Crippen MR) is 191 cm³/mol. The number of ether oxygens (including phenoxy) is 1. The summed E-state index contributed by atoms with van der Waals surface area (Å²) in [6, 6.07) is 30.0. The van der Waals surface area contributed by atoms with E-state index in [1.807, 2.05) is 30.3 Å². The zero-order valence-electron chi connectivity index (χ0n) is 28.2. The fourth-order valence-corrected chi connectivity index (χ4v) is 7.35. The highest BCUT2D eigenvalue weighted by Crippen LogP contribution is 2.51. The number of allylic oxidation sites excluding steroid dienone is 2. The molecule has 49 heavy (non-hydrogen) atoms. The van der Waals surface area contributed by atoms with Gasteiger partial charge in [0.2, 0.25) is 6.79 Å². The van der Waals surface area contributed by atoms with Gasteiger partial charge < -0.3 is 23.2 Å². The number of benzene rings is 4. The van der Waals surface area contributed by atoms with E-state index in [9.17, 15) is 9.13 Å². The molecule has 0 aromatic heterocycles. The Bertz CT molecular complexity index is 1700. The Balaban J connectivity index is 1.44. The number of unbranched alkanes of at least 4 members (excludes halogenated alkanes) is 2. The van der Waals surface area contributed by atoms with Gasteiger partial charge in [-0.1, -0.05) is 90.7 Å². The van der Waals surface area contributed by atoms with Gasteiger partial charge in [-0.2, -0.15) is 0 Å². The van der Waals surface area contributed by atoms with Crippen LogP contribution in [-0.2, 0) is 24.7 Å². The Morgan fingerprint density at radius 1 is 0.755 bits per heavy atom. The van der Waals surface area contributed by atoms with Crippen molar-refractivity contribution >= 4 is 15.4 Å². The topological polar surface area (TPSA) is 98.8 Å². The smallest absolute Gasteiger partial charge is 0.466 e. The first-order valence-electron chi connectivity index (χ1n) is 16.6. The maximum Gasteiger partial charge on any atom is 0.590 e. The Morgan fingerprint density at radius 3 is 1.90 bits per heavy atom. The second kappa shape index (κ2) is 17.6. The van der Waals surface area contributed by atoms with Gasteiger partial charge in [-0.25, -0.2) is 13.7 Å². The molecule has 2 atom stereocenters. The van der Waals surface area contributed by atoms with Crippen molar-refractivity contribution in [2.45, 2.75) is 64.7 Å². The third-order valence-corrected chi connectivity index (χ3v) is 9.98. The lowest BCUT2D eigenvalue weighted by molar-refractivity contribution is -0.107. The molecule has 0 spiro atoms. The summed E-state index contributed by atoms with van der Waals surface area (Å²) >= 11 is 0. The minimum atomic E-state index is -4.22. The van der Waals surface area contributed by atoms with Crippen LogP contribution in [-0.4, -0.2) is 13.5 Å². The molecule has 5 rings (SSSR count). The van der Waals surface area contributed by atoms with Gasteiger partial charge >= 0.3 is 15.4 Å². The van der Waals surface area contributed by atoms with E-state index in [1.54, 1.807) is 72.8 Å². The quantitative estimate of drug-likeness (QED) is 0.0250. The molecule has 0 saturated carbocycles. The minimum absolute atomic E-state index is 0.0914. The van der Waals surface area contributed by atoms with Crippen LogP contribution in [0.1, 0.15) is 69.4 Å². The van der Waals surface area contributed by atoms with Crippen molar-refractivity contribution < 1.29 is 41.5 Å². The Hall–Kier alpha value is -4.00. The highest BCUT2D eigenvalue weighted by Gasteiger charge is 2.33. The molecule has 0 aliphatic heterocycles. The van der Waals surface area contributed by atoms with Gasteiger partial charge in [0, 0.05) is 11.5 Å². The maximum absolute atomic E-state index is 14.0. The summed E-state index contributed by atoms with van der Waals surface area (Å²) in [6.45, 7) is 5.14. The maximum atomic E-state index is 14.0. The fraction of sp³-hybridized carbons (Fsp3) is 0.316. The predicted octanol–water partition coefficient (Wildman–Crippen LogP) is 11.5. The highest BCUT2D eigenvalue weighted by atomic mass is 31.2.